The maximum Gasteiger partial charge on any atom is 0.240 e. The van der Waals surface area contributed by atoms with Crippen molar-refractivity contribution in [3.8, 4) is 5.75 Å². The molecular weight excluding hydrogens is 326 g/mol. The molecule has 0 heterocycles. The first kappa shape index (κ1) is 18.4. The number of aliphatic hydroxyl groups is 1. The maximum atomic E-state index is 12.4. The molecule has 2 rings (SSSR count). The number of sulfonamides is 1. The van der Waals surface area contributed by atoms with Crippen molar-refractivity contribution >= 4 is 10.0 Å². The van der Waals surface area contributed by atoms with Gasteiger partial charge < -0.3 is 9.84 Å². The van der Waals surface area contributed by atoms with E-state index in [1.165, 1.54) is 19.2 Å². The Morgan fingerprint density at radius 2 is 1.83 bits per heavy atom. The molecule has 0 aliphatic heterocycles. The van der Waals surface area contributed by atoms with Gasteiger partial charge in [0.05, 0.1) is 12.0 Å². The molecule has 0 spiro atoms. The SMILES string of the molecule is COc1cccc(S(=O)(=O)NCC[C@@H](CCO)c2ccccc2)c1. The van der Waals surface area contributed by atoms with E-state index < -0.39 is 10.0 Å². The van der Waals surface area contributed by atoms with Gasteiger partial charge in [-0.2, -0.15) is 0 Å². The fourth-order valence-electron chi connectivity index (χ4n) is 2.58. The number of nitrogens with one attached hydrogen (secondary N) is 1. The first-order valence-corrected chi connectivity index (χ1v) is 9.34. The molecule has 5 nitrogen and oxygen atoms in total. The van der Waals surface area contributed by atoms with Crippen LogP contribution >= 0.6 is 0 Å². The smallest absolute Gasteiger partial charge is 0.240 e. The predicted molar refractivity (Wildman–Crippen MR) is 93.7 cm³/mol. The van der Waals surface area contributed by atoms with Crippen molar-refractivity contribution in [2.24, 2.45) is 0 Å². The second kappa shape index (κ2) is 8.82. The van der Waals surface area contributed by atoms with Crippen LogP contribution in [0.1, 0.15) is 24.3 Å². The van der Waals surface area contributed by atoms with E-state index in [-0.39, 0.29) is 17.4 Å². The standard InChI is InChI=1S/C18H23NO4S/c1-23-17-8-5-9-18(14-17)24(21,22)19-12-10-16(11-13-20)15-6-3-2-4-7-15/h2-9,14,16,19-20H,10-13H2,1H3/t16-/m0/s1. The predicted octanol–water partition coefficient (Wildman–Crippen LogP) is 2.53. The normalized spacial score (nSPS) is 12.8. The summed E-state index contributed by atoms with van der Waals surface area (Å²) in [5, 5.41) is 9.24. The Bertz CT molecular complexity index is 732. The summed E-state index contributed by atoms with van der Waals surface area (Å²) in [5.74, 6) is 0.615. The Balaban J connectivity index is 2.00. The number of rotatable bonds is 9. The molecule has 24 heavy (non-hydrogen) atoms. The van der Waals surface area contributed by atoms with E-state index in [2.05, 4.69) is 4.72 Å². The van der Waals surface area contributed by atoms with Crippen LogP contribution in [0.2, 0.25) is 0 Å². The number of aliphatic hydroxyl groups excluding tert-OH is 1. The lowest BCUT2D eigenvalue weighted by Gasteiger charge is -2.17. The van der Waals surface area contributed by atoms with E-state index in [1.807, 2.05) is 30.3 Å². The summed E-state index contributed by atoms with van der Waals surface area (Å²) in [6.45, 7) is 0.376. The zero-order valence-corrected chi connectivity index (χ0v) is 14.5. The Hall–Kier alpha value is -1.89. The van der Waals surface area contributed by atoms with Gasteiger partial charge >= 0.3 is 0 Å². The lowest BCUT2D eigenvalue weighted by molar-refractivity contribution is 0.273. The molecule has 130 valence electrons. The Morgan fingerprint density at radius 1 is 1.08 bits per heavy atom. The van der Waals surface area contributed by atoms with Crippen molar-refractivity contribution in [2.75, 3.05) is 20.3 Å². The summed E-state index contributed by atoms with van der Waals surface area (Å²) in [6, 6.07) is 16.2. The van der Waals surface area contributed by atoms with Gasteiger partial charge in [-0.25, -0.2) is 13.1 Å². The van der Waals surface area contributed by atoms with Gasteiger partial charge in [0.25, 0.3) is 0 Å². The zero-order chi connectivity index (χ0) is 17.4. The highest BCUT2D eigenvalue weighted by atomic mass is 32.2. The first-order chi connectivity index (χ1) is 11.6. The van der Waals surface area contributed by atoms with Gasteiger partial charge in [0, 0.05) is 19.2 Å². The lowest BCUT2D eigenvalue weighted by Crippen LogP contribution is -2.26. The Kier molecular flexibility index (Phi) is 6.78. The Labute approximate surface area is 143 Å². The minimum absolute atomic E-state index is 0.0716. The van der Waals surface area contributed by atoms with Crippen LogP contribution in [0.3, 0.4) is 0 Å². The highest BCUT2D eigenvalue weighted by molar-refractivity contribution is 7.89. The average molecular weight is 349 g/mol. The van der Waals surface area contributed by atoms with Crippen LogP contribution in [0, 0.1) is 0 Å². The minimum atomic E-state index is -3.58. The van der Waals surface area contributed by atoms with Crippen molar-refractivity contribution < 1.29 is 18.3 Å². The van der Waals surface area contributed by atoms with Crippen molar-refractivity contribution in [2.45, 2.75) is 23.7 Å². The van der Waals surface area contributed by atoms with Crippen LogP contribution in [-0.4, -0.2) is 33.8 Å². The highest BCUT2D eigenvalue weighted by Gasteiger charge is 2.16. The van der Waals surface area contributed by atoms with Gasteiger partial charge in [0.1, 0.15) is 5.75 Å². The molecule has 0 fully saturated rings. The summed E-state index contributed by atoms with van der Waals surface area (Å²) in [6.07, 6.45) is 1.22. The van der Waals surface area contributed by atoms with E-state index in [4.69, 9.17) is 4.74 Å². The number of ether oxygens (including phenoxy) is 1. The second-order valence-corrected chi connectivity index (χ2v) is 7.25. The third-order valence-corrected chi connectivity index (χ3v) is 5.34. The van der Waals surface area contributed by atoms with Gasteiger partial charge in [0.2, 0.25) is 10.0 Å². The number of methoxy groups -OCH3 is 1. The molecule has 0 aromatic heterocycles. The molecule has 0 bridgehead atoms. The summed E-state index contributed by atoms with van der Waals surface area (Å²) in [5.41, 5.74) is 1.10. The molecule has 1 atom stereocenters. The van der Waals surface area contributed by atoms with Crippen molar-refractivity contribution in [3.63, 3.8) is 0 Å². The van der Waals surface area contributed by atoms with Crippen molar-refractivity contribution in [3.05, 3.63) is 60.2 Å². The third kappa shape index (κ3) is 5.06. The minimum Gasteiger partial charge on any atom is -0.497 e. The van der Waals surface area contributed by atoms with Crippen LogP contribution in [0.15, 0.2) is 59.5 Å². The first-order valence-electron chi connectivity index (χ1n) is 7.86. The lowest BCUT2D eigenvalue weighted by atomic mass is 9.93. The van der Waals surface area contributed by atoms with E-state index in [9.17, 15) is 13.5 Å². The van der Waals surface area contributed by atoms with Gasteiger partial charge in [-0.15, -0.1) is 0 Å². The molecule has 2 aromatic rings. The summed E-state index contributed by atoms with van der Waals surface area (Å²) >= 11 is 0. The molecule has 0 aliphatic rings. The molecule has 0 unspecified atom stereocenters. The molecule has 0 radical (unpaired) electrons. The molecule has 0 amide bonds. The molecule has 0 aliphatic carbocycles. The van der Waals surface area contributed by atoms with E-state index in [1.54, 1.807) is 12.1 Å². The monoisotopic (exact) mass is 349 g/mol. The molecule has 6 heteroatoms. The van der Waals surface area contributed by atoms with Crippen LogP contribution in [0.4, 0.5) is 0 Å². The topological polar surface area (TPSA) is 75.6 Å². The second-order valence-electron chi connectivity index (χ2n) is 5.49. The molecule has 0 saturated heterocycles. The zero-order valence-electron chi connectivity index (χ0n) is 13.7. The van der Waals surface area contributed by atoms with Crippen LogP contribution < -0.4 is 9.46 Å². The molecule has 2 N–H and O–H groups in total. The maximum absolute atomic E-state index is 12.4. The van der Waals surface area contributed by atoms with Crippen LogP contribution in [0.25, 0.3) is 0 Å². The average Bonchev–Trinajstić information content (AvgIpc) is 2.61. The van der Waals surface area contributed by atoms with Crippen LogP contribution in [-0.2, 0) is 10.0 Å². The van der Waals surface area contributed by atoms with Gasteiger partial charge in [-0.3, -0.25) is 0 Å². The number of hydrogen-bond acceptors (Lipinski definition) is 4. The van der Waals surface area contributed by atoms with Crippen LogP contribution in [0.5, 0.6) is 5.75 Å². The van der Waals surface area contributed by atoms with Gasteiger partial charge in [-0.05, 0) is 36.5 Å². The summed E-state index contributed by atoms with van der Waals surface area (Å²) < 4.78 is 32.4. The fraction of sp³-hybridized carbons (Fsp3) is 0.333. The quantitative estimate of drug-likeness (QED) is 0.729. The number of hydrogen-bond donors (Lipinski definition) is 2. The number of benzene rings is 2. The van der Waals surface area contributed by atoms with Gasteiger partial charge in [0.15, 0.2) is 0 Å². The largest absolute Gasteiger partial charge is 0.497 e. The fourth-order valence-corrected chi connectivity index (χ4v) is 3.66. The molecular formula is C18H23NO4S. The van der Waals surface area contributed by atoms with E-state index in [0.717, 1.165) is 5.56 Å². The highest BCUT2D eigenvalue weighted by Crippen LogP contribution is 2.23. The summed E-state index contributed by atoms with van der Waals surface area (Å²) in [4.78, 5) is 0.181. The van der Waals surface area contributed by atoms with E-state index >= 15 is 0 Å². The van der Waals surface area contributed by atoms with Crippen molar-refractivity contribution in [1.29, 1.82) is 0 Å². The van der Waals surface area contributed by atoms with Crippen molar-refractivity contribution in [1.82, 2.24) is 4.72 Å². The molecule has 0 saturated carbocycles. The molecule has 2 aromatic carbocycles. The van der Waals surface area contributed by atoms with Gasteiger partial charge in [-0.1, -0.05) is 36.4 Å². The third-order valence-electron chi connectivity index (χ3n) is 3.88. The van der Waals surface area contributed by atoms with E-state index in [0.29, 0.717) is 25.1 Å². The summed E-state index contributed by atoms with van der Waals surface area (Å²) in [7, 11) is -2.08. The Morgan fingerprint density at radius 3 is 2.50 bits per heavy atom.